The summed E-state index contributed by atoms with van der Waals surface area (Å²) in [6, 6.07) is 16.6. The minimum atomic E-state index is -3.44. The molecule has 0 saturated heterocycles. The fourth-order valence-corrected chi connectivity index (χ4v) is 4.04. The van der Waals surface area contributed by atoms with Crippen LogP contribution in [0.1, 0.15) is 24.3 Å². The van der Waals surface area contributed by atoms with Crippen LogP contribution in [0.15, 0.2) is 59.1 Å². The Balaban J connectivity index is 1.54. The molecule has 1 aromatic heterocycles. The predicted molar refractivity (Wildman–Crippen MR) is 119 cm³/mol. The van der Waals surface area contributed by atoms with Gasteiger partial charge in [-0.25, -0.2) is 8.42 Å². The van der Waals surface area contributed by atoms with Gasteiger partial charge in [-0.3, -0.25) is 9.10 Å². The van der Waals surface area contributed by atoms with Crippen molar-refractivity contribution in [2.24, 2.45) is 0 Å². The Morgan fingerprint density at radius 2 is 1.74 bits per heavy atom. The highest BCUT2D eigenvalue weighted by atomic mass is 32.2. The average molecular weight is 443 g/mol. The molecule has 31 heavy (non-hydrogen) atoms. The molecule has 1 amide bonds. The number of benzene rings is 2. The highest BCUT2D eigenvalue weighted by Gasteiger charge is 2.19. The molecule has 8 nitrogen and oxygen atoms in total. The molecule has 2 aromatic carbocycles. The highest BCUT2D eigenvalue weighted by molar-refractivity contribution is 7.92. The third-order valence-corrected chi connectivity index (χ3v) is 5.97. The van der Waals surface area contributed by atoms with E-state index in [9.17, 15) is 13.2 Å². The standard InChI is InChI=1S/C22H26N4O4S/c1-17-11-13-18(14-12-17)22-23-20(30-24-22)16-25(2)21(27)10-7-15-26(31(3,28)29)19-8-5-4-6-9-19/h4-6,8-9,11-14H,7,10,15-16H2,1-3H3. The summed E-state index contributed by atoms with van der Waals surface area (Å²) in [6.07, 6.45) is 1.76. The Morgan fingerprint density at radius 1 is 1.06 bits per heavy atom. The van der Waals surface area contributed by atoms with Gasteiger partial charge in [0, 0.05) is 25.6 Å². The van der Waals surface area contributed by atoms with Crippen LogP contribution in [-0.4, -0.2) is 49.2 Å². The second kappa shape index (κ2) is 9.74. The maximum Gasteiger partial charge on any atom is 0.246 e. The van der Waals surface area contributed by atoms with Gasteiger partial charge < -0.3 is 9.42 Å². The Kier molecular flexibility index (Phi) is 7.06. The Labute approximate surface area is 182 Å². The van der Waals surface area contributed by atoms with E-state index in [2.05, 4.69) is 10.1 Å². The van der Waals surface area contributed by atoms with Crippen LogP contribution in [0.5, 0.6) is 0 Å². The van der Waals surface area contributed by atoms with Gasteiger partial charge in [-0.2, -0.15) is 4.98 Å². The largest absolute Gasteiger partial charge is 0.337 e. The number of carbonyl (C=O) groups is 1. The molecule has 0 unspecified atom stereocenters. The number of anilines is 1. The molecule has 3 aromatic rings. The van der Waals surface area contributed by atoms with Crippen LogP contribution in [-0.2, 0) is 21.4 Å². The number of aromatic nitrogens is 2. The van der Waals surface area contributed by atoms with E-state index in [0.29, 0.717) is 23.8 Å². The highest BCUT2D eigenvalue weighted by Crippen LogP contribution is 2.19. The van der Waals surface area contributed by atoms with Crippen LogP contribution >= 0.6 is 0 Å². The molecule has 0 aliphatic carbocycles. The zero-order chi connectivity index (χ0) is 22.4. The van der Waals surface area contributed by atoms with Crippen LogP contribution < -0.4 is 4.31 Å². The number of rotatable bonds is 9. The minimum Gasteiger partial charge on any atom is -0.337 e. The van der Waals surface area contributed by atoms with E-state index in [4.69, 9.17) is 4.52 Å². The molecule has 3 rings (SSSR count). The first-order valence-corrected chi connectivity index (χ1v) is 11.8. The van der Waals surface area contributed by atoms with Gasteiger partial charge in [-0.15, -0.1) is 0 Å². The molecule has 0 bridgehead atoms. The Bertz CT molecular complexity index is 1110. The zero-order valence-electron chi connectivity index (χ0n) is 17.9. The first-order valence-electron chi connectivity index (χ1n) is 9.90. The number of hydrogen-bond donors (Lipinski definition) is 0. The van der Waals surface area contributed by atoms with Gasteiger partial charge >= 0.3 is 0 Å². The van der Waals surface area contributed by atoms with Crippen molar-refractivity contribution >= 4 is 21.6 Å². The summed E-state index contributed by atoms with van der Waals surface area (Å²) in [4.78, 5) is 18.4. The molecular weight excluding hydrogens is 416 g/mol. The lowest BCUT2D eigenvalue weighted by atomic mass is 10.1. The molecule has 0 atom stereocenters. The number of hydrogen-bond acceptors (Lipinski definition) is 6. The normalized spacial score (nSPS) is 11.3. The second-order valence-corrected chi connectivity index (χ2v) is 9.31. The Hall–Kier alpha value is -3.20. The van der Waals surface area contributed by atoms with E-state index in [-0.39, 0.29) is 25.4 Å². The van der Waals surface area contributed by atoms with Crippen LogP contribution in [0.4, 0.5) is 5.69 Å². The summed E-state index contributed by atoms with van der Waals surface area (Å²) in [5, 5.41) is 3.98. The van der Waals surface area contributed by atoms with E-state index >= 15 is 0 Å². The van der Waals surface area contributed by atoms with E-state index in [1.807, 2.05) is 37.3 Å². The van der Waals surface area contributed by atoms with E-state index in [1.165, 1.54) is 9.21 Å². The lowest BCUT2D eigenvalue weighted by Crippen LogP contribution is -2.32. The first-order chi connectivity index (χ1) is 14.7. The second-order valence-electron chi connectivity index (χ2n) is 7.40. The molecule has 0 spiro atoms. The van der Waals surface area contributed by atoms with Gasteiger partial charge in [0.2, 0.25) is 27.6 Å². The van der Waals surface area contributed by atoms with E-state index in [0.717, 1.165) is 17.4 Å². The summed E-state index contributed by atoms with van der Waals surface area (Å²) in [7, 11) is -1.78. The fourth-order valence-electron chi connectivity index (χ4n) is 3.08. The van der Waals surface area contributed by atoms with Crippen molar-refractivity contribution in [1.29, 1.82) is 0 Å². The van der Waals surface area contributed by atoms with Crippen molar-refractivity contribution in [1.82, 2.24) is 15.0 Å². The van der Waals surface area contributed by atoms with E-state index in [1.54, 1.807) is 31.3 Å². The smallest absolute Gasteiger partial charge is 0.246 e. The Morgan fingerprint density at radius 3 is 2.39 bits per heavy atom. The number of carbonyl (C=O) groups excluding carboxylic acids is 1. The van der Waals surface area contributed by atoms with Crippen molar-refractivity contribution in [2.75, 3.05) is 24.2 Å². The summed E-state index contributed by atoms with van der Waals surface area (Å²) in [5.41, 5.74) is 2.57. The predicted octanol–water partition coefficient (Wildman–Crippen LogP) is 3.25. The van der Waals surface area contributed by atoms with Crippen molar-refractivity contribution in [2.45, 2.75) is 26.3 Å². The molecule has 0 radical (unpaired) electrons. The first kappa shape index (κ1) is 22.5. The molecule has 0 saturated carbocycles. The summed E-state index contributed by atoms with van der Waals surface area (Å²) >= 11 is 0. The molecule has 0 aliphatic heterocycles. The maximum absolute atomic E-state index is 12.5. The van der Waals surface area contributed by atoms with Crippen LogP contribution in [0.2, 0.25) is 0 Å². The third kappa shape index (κ3) is 6.14. The SMILES string of the molecule is Cc1ccc(-c2noc(CN(C)C(=O)CCCN(c3ccccc3)S(C)(=O)=O)n2)cc1. The molecule has 0 N–H and O–H groups in total. The number of nitrogens with zero attached hydrogens (tertiary/aromatic N) is 4. The van der Waals surface area contributed by atoms with Crippen molar-refractivity contribution in [3.63, 3.8) is 0 Å². The quantitative estimate of drug-likeness (QED) is 0.505. The molecular formula is C22H26N4O4S. The zero-order valence-corrected chi connectivity index (χ0v) is 18.7. The van der Waals surface area contributed by atoms with Gasteiger partial charge in [0.15, 0.2) is 0 Å². The molecule has 0 fully saturated rings. The molecule has 1 heterocycles. The van der Waals surface area contributed by atoms with E-state index < -0.39 is 10.0 Å². The molecule has 9 heteroatoms. The number of amides is 1. The third-order valence-electron chi connectivity index (χ3n) is 4.77. The lowest BCUT2D eigenvalue weighted by Gasteiger charge is -2.22. The van der Waals surface area contributed by atoms with Gasteiger partial charge in [0.05, 0.1) is 18.5 Å². The van der Waals surface area contributed by atoms with Gasteiger partial charge in [0.1, 0.15) is 0 Å². The van der Waals surface area contributed by atoms with Gasteiger partial charge in [0.25, 0.3) is 0 Å². The number of sulfonamides is 1. The minimum absolute atomic E-state index is 0.128. The average Bonchev–Trinajstić information content (AvgIpc) is 3.19. The summed E-state index contributed by atoms with van der Waals surface area (Å²) in [6.45, 7) is 2.41. The van der Waals surface area contributed by atoms with Crippen LogP contribution in [0.25, 0.3) is 11.4 Å². The van der Waals surface area contributed by atoms with Crippen molar-refractivity contribution < 1.29 is 17.7 Å². The van der Waals surface area contributed by atoms with Gasteiger partial charge in [-0.1, -0.05) is 53.2 Å². The topological polar surface area (TPSA) is 96.6 Å². The number of aryl methyl sites for hydroxylation is 1. The van der Waals surface area contributed by atoms with Crippen LogP contribution in [0, 0.1) is 6.92 Å². The van der Waals surface area contributed by atoms with Crippen molar-refractivity contribution in [3.8, 4) is 11.4 Å². The van der Waals surface area contributed by atoms with Crippen molar-refractivity contribution in [3.05, 3.63) is 66.1 Å². The van der Waals surface area contributed by atoms with Crippen LogP contribution in [0.3, 0.4) is 0 Å². The number of para-hydroxylation sites is 1. The fraction of sp³-hybridized carbons (Fsp3) is 0.318. The maximum atomic E-state index is 12.5. The molecule has 0 aliphatic rings. The summed E-state index contributed by atoms with van der Waals surface area (Å²) < 4.78 is 30.8. The molecule has 164 valence electrons. The summed E-state index contributed by atoms with van der Waals surface area (Å²) in [5.74, 6) is 0.688. The lowest BCUT2D eigenvalue weighted by molar-refractivity contribution is -0.130. The van der Waals surface area contributed by atoms with Gasteiger partial charge in [-0.05, 0) is 25.5 Å². The monoisotopic (exact) mass is 442 g/mol.